The topological polar surface area (TPSA) is 92.1 Å². The van der Waals surface area contributed by atoms with Gasteiger partial charge in [-0.25, -0.2) is 8.42 Å². The summed E-state index contributed by atoms with van der Waals surface area (Å²) in [4.78, 5) is 0. The Morgan fingerprint density at radius 1 is 1.29 bits per heavy atom. The maximum Gasteiger partial charge on any atom is 0.260 e. The van der Waals surface area contributed by atoms with Gasteiger partial charge in [-0.15, -0.1) is 0 Å². The van der Waals surface area contributed by atoms with Crippen LogP contribution in [0.15, 0.2) is 11.2 Å². The second kappa shape index (κ2) is 5.16. The third kappa shape index (κ3) is 2.51. The van der Waals surface area contributed by atoms with Crippen LogP contribution in [-0.4, -0.2) is 36.0 Å². The summed E-state index contributed by atoms with van der Waals surface area (Å²) in [6.07, 6.45) is 5.51. The van der Waals surface area contributed by atoms with Crippen molar-refractivity contribution >= 4 is 10.0 Å². The molecule has 0 atom stereocenters. The molecule has 0 amide bonds. The van der Waals surface area contributed by atoms with Crippen molar-refractivity contribution in [2.75, 3.05) is 13.1 Å². The monoisotopic (exact) mass is 258 g/mol. The summed E-state index contributed by atoms with van der Waals surface area (Å²) in [5.74, 6) is 0. The van der Waals surface area contributed by atoms with Crippen LogP contribution >= 0.6 is 0 Å². The van der Waals surface area contributed by atoms with Crippen LogP contribution in [0.1, 0.15) is 31.2 Å². The van der Waals surface area contributed by atoms with Gasteiger partial charge in [-0.1, -0.05) is 12.8 Å². The number of sulfonamides is 1. The predicted molar refractivity (Wildman–Crippen MR) is 63.7 cm³/mol. The molecule has 6 nitrogen and oxygen atoms in total. The van der Waals surface area contributed by atoms with Crippen molar-refractivity contribution in [3.05, 3.63) is 11.8 Å². The molecule has 0 spiro atoms. The first-order valence-corrected chi connectivity index (χ1v) is 7.32. The smallest absolute Gasteiger partial charge is 0.260 e. The third-order valence-electron chi connectivity index (χ3n) is 3.06. The maximum atomic E-state index is 12.4. The highest BCUT2D eigenvalue weighted by molar-refractivity contribution is 7.89. The molecule has 1 aliphatic heterocycles. The molecule has 1 saturated heterocycles. The molecule has 2 rings (SSSR count). The Bertz CT molecular complexity index is 460. The molecule has 7 heteroatoms. The van der Waals surface area contributed by atoms with Crippen LogP contribution in [0.25, 0.3) is 0 Å². The van der Waals surface area contributed by atoms with Crippen molar-refractivity contribution in [2.45, 2.75) is 37.3 Å². The summed E-state index contributed by atoms with van der Waals surface area (Å²) < 4.78 is 26.3. The molecule has 0 radical (unpaired) electrons. The quantitative estimate of drug-likeness (QED) is 0.822. The van der Waals surface area contributed by atoms with Crippen molar-refractivity contribution in [3.63, 3.8) is 0 Å². The number of nitrogens with one attached hydrogen (secondary N) is 1. The van der Waals surface area contributed by atoms with Gasteiger partial charge in [-0.05, 0) is 12.8 Å². The molecule has 1 aliphatic rings. The van der Waals surface area contributed by atoms with E-state index < -0.39 is 10.0 Å². The van der Waals surface area contributed by atoms with Crippen LogP contribution < -0.4 is 5.73 Å². The fraction of sp³-hybridized carbons (Fsp3) is 0.700. The van der Waals surface area contributed by atoms with Gasteiger partial charge in [0.2, 0.25) is 0 Å². The van der Waals surface area contributed by atoms with Gasteiger partial charge in [0.25, 0.3) is 10.0 Å². The van der Waals surface area contributed by atoms with Crippen molar-refractivity contribution < 1.29 is 8.42 Å². The van der Waals surface area contributed by atoms with Crippen molar-refractivity contribution in [1.82, 2.24) is 14.5 Å². The van der Waals surface area contributed by atoms with Gasteiger partial charge in [-0.2, -0.15) is 9.40 Å². The first-order valence-electron chi connectivity index (χ1n) is 5.88. The second-order valence-corrected chi connectivity index (χ2v) is 6.12. The summed E-state index contributed by atoms with van der Waals surface area (Å²) in [5, 5.41) is 6.48. The standard InChI is InChI=1S/C10H18N4O2S/c11-7-9-8-12-13-10(9)17(15,16)14-5-3-1-2-4-6-14/h8H,1-7,11H2,(H,12,13). The number of aromatic amines is 1. The van der Waals surface area contributed by atoms with Crippen LogP contribution in [0, 0.1) is 0 Å². The summed E-state index contributed by atoms with van der Waals surface area (Å²) in [6, 6.07) is 0. The van der Waals surface area contributed by atoms with Gasteiger partial charge >= 0.3 is 0 Å². The molecule has 0 aromatic carbocycles. The Labute approximate surface area is 101 Å². The zero-order valence-electron chi connectivity index (χ0n) is 9.72. The molecule has 1 aromatic heterocycles. The molecule has 3 N–H and O–H groups in total. The normalized spacial score (nSPS) is 19.1. The number of nitrogens with zero attached hydrogens (tertiary/aromatic N) is 2. The molecule has 96 valence electrons. The van der Waals surface area contributed by atoms with E-state index in [0.29, 0.717) is 18.7 Å². The Morgan fingerprint density at radius 3 is 2.53 bits per heavy atom. The lowest BCUT2D eigenvalue weighted by Gasteiger charge is -2.19. The summed E-state index contributed by atoms with van der Waals surface area (Å²) in [6.45, 7) is 1.36. The minimum absolute atomic E-state index is 0.155. The van der Waals surface area contributed by atoms with Gasteiger partial charge < -0.3 is 5.73 Å². The van der Waals surface area contributed by atoms with Crippen molar-refractivity contribution in [2.24, 2.45) is 5.73 Å². The molecule has 0 bridgehead atoms. The Hall–Kier alpha value is -0.920. The summed E-state index contributed by atoms with van der Waals surface area (Å²) in [7, 11) is -3.45. The predicted octanol–water partition coefficient (Wildman–Crippen LogP) is 0.433. The molecular formula is C10H18N4O2S. The first kappa shape index (κ1) is 12.5. The SMILES string of the molecule is NCc1cn[nH]c1S(=O)(=O)N1CCCCCC1. The highest BCUT2D eigenvalue weighted by atomic mass is 32.2. The van der Waals surface area contributed by atoms with Gasteiger partial charge in [-0.3, -0.25) is 5.10 Å². The van der Waals surface area contributed by atoms with E-state index in [0.717, 1.165) is 25.7 Å². The molecule has 0 aliphatic carbocycles. The van der Waals surface area contributed by atoms with E-state index in [1.165, 1.54) is 10.5 Å². The van der Waals surface area contributed by atoms with Gasteiger partial charge in [0.1, 0.15) is 0 Å². The zero-order chi connectivity index (χ0) is 12.3. The van der Waals surface area contributed by atoms with Gasteiger partial charge in [0.05, 0.1) is 6.20 Å². The highest BCUT2D eigenvalue weighted by Crippen LogP contribution is 2.20. The minimum atomic E-state index is -3.45. The molecule has 1 aromatic rings. The fourth-order valence-electron chi connectivity index (χ4n) is 2.08. The number of hydrogen-bond acceptors (Lipinski definition) is 4. The third-order valence-corrected chi connectivity index (χ3v) is 4.98. The number of rotatable bonds is 3. The van der Waals surface area contributed by atoms with E-state index in [1.54, 1.807) is 0 Å². The molecular weight excluding hydrogens is 240 g/mol. The molecule has 1 fully saturated rings. The van der Waals surface area contributed by atoms with E-state index in [4.69, 9.17) is 5.73 Å². The lowest BCUT2D eigenvalue weighted by atomic mass is 10.2. The molecule has 2 heterocycles. The molecule has 0 unspecified atom stereocenters. The Balaban J connectivity index is 2.28. The number of nitrogens with two attached hydrogens (primary N) is 1. The number of H-pyrrole nitrogens is 1. The van der Waals surface area contributed by atoms with Crippen LogP contribution in [0.3, 0.4) is 0 Å². The Morgan fingerprint density at radius 2 is 1.94 bits per heavy atom. The number of aromatic nitrogens is 2. The second-order valence-electron chi connectivity index (χ2n) is 4.25. The average molecular weight is 258 g/mol. The molecule has 17 heavy (non-hydrogen) atoms. The Kier molecular flexibility index (Phi) is 3.80. The van der Waals surface area contributed by atoms with Gasteiger partial charge in [0, 0.05) is 25.2 Å². The summed E-state index contributed by atoms with van der Waals surface area (Å²) in [5.41, 5.74) is 6.06. The zero-order valence-corrected chi connectivity index (χ0v) is 10.5. The van der Waals surface area contributed by atoms with E-state index in [9.17, 15) is 8.42 Å². The first-order chi connectivity index (χ1) is 8.16. The minimum Gasteiger partial charge on any atom is -0.326 e. The van der Waals surface area contributed by atoms with Crippen LogP contribution in [-0.2, 0) is 16.6 Å². The van der Waals surface area contributed by atoms with Crippen molar-refractivity contribution in [1.29, 1.82) is 0 Å². The molecule has 0 saturated carbocycles. The highest BCUT2D eigenvalue weighted by Gasteiger charge is 2.28. The largest absolute Gasteiger partial charge is 0.326 e. The number of hydrogen-bond donors (Lipinski definition) is 2. The van der Waals surface area contributed by atoms with Crippen LogP contribution in [0.2, 0.25) is 0 Å². The lowest BCUT2D eigenvalue weighted by Crippen LogP contribution is -2.32. The fourth-order valence-corrected chi connectivity index (χ4v) is 3.71. The van der Waals surface area contributed by atoms with Crippen LogP contribution in [0.5, 0.6) is 0 Å². The maximum absolute atomic E-state index is 12.4. The van der Waals surface area contributed by atoms with E-state index in [-0.39, 0.29) is 11.6 Å². The van der Waals surface area contributed by atoms with E-state index in [2.05, 4.69) is 10.2 Å². The van der Waals surface area contributed by atoms with Crippen molar-refractivity contribution in [3.8, 4) is 0 Å². The van der Waals surface area contributed by atoms with E-state index in [1.807, 2.05) is 0 Å². The van der Waals surface area contributed by atoms with E-state index >= 15 is 0 Å². The summed E-state index contributed by atoms with van der Waals surface area (Å²) >= 11 is 0. The van der Waals surface area contributed by atoms with Crippen LogP contribution in [0.4, 0.5) is 0 Å². The average Bonchev–Trinajstić information content (AvgIpc) is 2.63. The lowest BCUT2D eigenvalue weighted by molar-refractivity contribution is 0.421. The van der Waals surface area contributed by atoms with Gasteiger partial charge in [0.15, 0.2) is 5.03 Å².